The summed E-state index contributed by atoms with van der Waals surface area (Å²) < 4.78 is 6.02. The van der Waals surface area contributed by atoms with Gasteiger partial charge in [0.1, 0.15) is 0 Å². The molecule has 4 aromatic rings. The van der Waals surface area contributed by atoms with E-state index in [1.807, 2.05) is 62.4 Å². The zero-order chi connectivity index (χ0) is 21.1. The smallest absolute Gasteiger partial charge is 0.331 e. The molecular weight excluding hydrogens is 398 g/mol. The third-order valence-electron chi connectivity index (χ3n) is 4.43. The summed E-state index contributed by atoms with van der Waals surface area (Å²) >= 11 is 1.39. The summed E-state index contributed by atoms with van der Waals surface area (Å²) in [6.45, 7) is 3.62. The van der Waals surface area contributed by atoms with Crippen LogP contribution < -0.4 is 5.32 Å². The number of rotatable bonds is 5. The van der Waals surface area contributed by atoms with Crippen LogP contribution in [0.4, 0.5) is 5.13 Å². The Morgan fingerprint density at radius 3 is 2.80 bits per heavy atom. The molecule has 6 nitrogen and oxygen atoms in total. The second-order valence-corrected chi connectivity index (χ2v) is 7.90. The molecule has 0 bridgehead atoms. The molecule has 0 fully saturated rings. The van der Waals surface area contributed by atoms with Crippen molar-refractivity contribution in [1.29, 1.82) is 0 Å². The van der Waals surface area contributed by atoms with Crippen molar-refractivity contribution in [1.82, 2.24) is 9.97 Å². The highest BCUT2D eigenvalue weighted by atomic mass is 32.1. The fraction of sp³-hybridized carbons (Fsp3) is 0.130. The molecule has 30 heavy (non-hydrogen) atoms. The number of benzene rings is 2. The number of aromatic nitrogens is 2. The SMILES string of the molecule is Cc1cc(C)c2nc(NC(=O)COC(=O)/C=C/c3ccc4ccccc4n3)sc2c1. The van der Waals surface area contributed by atoms with Crippen molar-refractivity contribution < 1.29 is 14.3 Å². The Bertz CT molecular complexity index is 1290. The van der Waals surface area contributed by atoms with Crippen LogP contribution in [0.2, 0.25) is 0 Å². The van der Waals surface area contributed by atoms with Crippen molar-refractivity contribution in [2.24, 2.45) is 0 Å². The Morgan fingerprint density at radius 2 is 1.93 bits per heavy atom. The molecule has 1 N–H and O–H groups in total. The van der Waals surface area contributed by atoms with Crippen molar-refractivity contribution in [3.05, 3.63) is 71.4 Å². The van der Waals surface area contributed by atoms with E-state index >= 15 is 0 Å². The fourth-order valence-corrected chi connectivity index (χ4v) is 4.15. The second-order valence-electron chi connectivity index (χ2n) is 6.87. The van der Waals surface area contributed by atoms with Gasteiger partial charge in [-0.25, -0.2) is 14.8 Å². The lowest BCUT2D eigenvalue weighted by atomic mass is 10.1. The summed E-state index contributed by atoms with van der Waals surface area (Å²) in [6, 6.07) is 15.5. The maximum atomic E-state index is 12.1. The molecule has 0 aliphatic heterocycles. The Labute approximate surface area is 177 Å². The number of thiazole rings is 1. The molecule has 0 atom stereocenters. The zero-order valence-electron chi connectivity index (χ0n) is 16.5. The van der Waals surface area contributed by atoms with Gasteiger partial charge in [0.05, 0.1) is 21.4 Å². The molecule has 0 spiro atoms. The third-order valence-corrected chi connectivity index (χ3v) is 5.35. The van der Waals surface area contributed by atoms with Crippen molar-refractivity contribution >= 4 is 55.5 Å². The van der Waals surface area contributed by atoms with Crippen LogP contribution in [0.25, 0.3) is 27.2 Å². The highest BCUT2D eigenvalue weighted by Crippen LogP contribution is 2.29. The first kappa shape index (κ1) is 19.7. The lowest BCUT2D eigenvalue weighted by Gasteiger charge is -2.02. The van der Waals surface area contributed by atoms with Gasteiger partial charge in [0.15, 0.2) is 11.7 Å². The van der Waals surface area contributed by atoms with E-state index in [0.29, 0.717) is 10.8 Å². The van der Waals surface area contributed by atoms with Crippen molar-refractivity contribution in [2.45, 2.75) is 13.8 Å². The quantitative estimate of drug-likeness (QED) is 0.377. The van der Waals surface area contributed by atoms with Crippen molar-refractivity contribution in [2.75, 3.05) is 11.9 Å². The molecule has 0 saturated heterocycles. The average molecular weight is 417 g/mol. The number of hydrogen-bond acceptors (Lipinski definition) is 6. The van der Waals surface area contributed by atoms with Gasteiger partial charge >= 0.3 is 5.97 Å². The Balaban J connectivity index is 1.33. The largest absolute Gasteiger partial charge is 0.452 e. The number of aryl methyl sites for hydroxylation is 2. The molecule has 0 aliphatic rings. The minimum absolute atomic E-state index is 0.387. The third kappa shape index (κ3) is 4.52. The predicted molar refractivity (Wildman–Crippen MR) is 119 cm³/mol. The number of anilines is 1. The predicted octanol–water partition coefficient (Wildman–Crippen LogP) is 4.66. The lowest BCUT2D eigenvalue weighted by Crippen LogP contribution is -2.20. The maximum Gasteiger partial charge on any atom is 0.331 e. The Hall–Kier alpha value is -3.58. The number of pyridine rings is 1. The fourth-order valence-electron chi connectivity index (χ4n) is 3.09. The summed E-state index contributed by atoms with van der Waals surface area (Å²) in [7, 11) is 0. The molecule has 0 unspecified atom stereocenters. The summed E-state index contributed by atoms with van der Waals surface area (Å²) in [5.74, 6) is -1.05. The number of nitrogens with one attached hydrogen (secondary N) is 1. The molecule has 0 radical (unpaired) electrons. The zero-order valence-corrected chi connectivity index (χ0v) is 17.3. The molecule has 0 aliphatic carbocycles. The van der Waals surface area contributed by atoms with Crippen LogP contribution in [-0.4, -0.2) is 28.5 Å². The van der Waals surface area contributed by atoms with Crippen LogP contribution in [0, 0.1) is 13.8 Å². The van der Waals surface area contributed by atoms with Crippen LogP contribution in [0.15, 0.2) is 54.6 Å². The first-order chi connectivity index (χ1) is 14.5. The van der Waals surface area contributed by atoms with Gasteiger partial charge in [-0.15, -0.1) is 0 Å². The van der Waals surface area contributed by atoms with Gasteiger partial charge in [-0.3, -0.25) is 10.1 Å². The number of ether oxygens (including phenoxy) is 1. The van der Waals surface area contributed by atoms with E-state index in [-0.39, 0.29) is 6.61 Å². The molecular formula is C23H19N3O3S. The maximum absolute atomic E-state index is 12.1. The summed E-state index contributed by atoms with van der Waals surface area (Å²) in [4.78, 5) is 32.9. The molecule has 150 valence electrons. The van der Waals surface area contributed by atoms with E-state index in [2.05, 4.69) is 15.3 Å². The minimum atomic E-state index is -0.615. The van der Waals surface area contributed by atoms with Crippen LogP contribution >= 0.6 is 11.3 Å². The number of nitrogens with zero attached hydrogens (tertiary/aromatic N) is 2. The van der Waals surface area contributed by atoms with E-state index in [1.54, 1.807) is 6.08 Å². The molecule has 1 amide bonds. The first-order valence-electron chi connectivity index (χ1n) is 9.36. The van der Waals surface area contributed by atoms with Gasteiger partial charge in [-0.05, 0) is 49.2 Å². The van der Waals surface area contributed by atoms with Crippen LogP contribution in [0.3, 0.4) is 0 Å². The average Bonchev–Trinajstić information content (AvgIpc) is 3.13. The van der Waals surface area contributed by atoms with Gasteiger partial charge in [-0.1, -0.05) is 41.7 Å². The summed E-state index contributed by atoms with van der Waals surface area (Å²) in [5, 5.41) is 4.19. The number of para-hydroxylation sites is 1. The number of esters is 1. The number of fused-ring (bicyclic) bond motifs is 2. The molecule has 2 aromatic carbocycles. The van der Waals surface area contributed by atoms with Gasteiger partial charge < -0.3 is 4.74 Å². The highest BCUT2D eigenvalue weighted by molar-refractivity contribution is 7.22. The van der Waals surface area contributed by atoms with E-state index in [9.17, 15) is 9.59 Å². The molecule has 7 heteroatoms. The van der Waals surface area contributed by atoms with Gasteiger partial charge in [0.2, 0.25) is 0 Å². The number of hydrogen-bond donors (Lipinski definition) is 1. The number of amides is 1. The van der Waals surface area contributed by atoms with Gasteiger partial charge in [-0.2, -0.15) is 0 Å². The Morgan fingerprint density at radius 1 is 1.10 bits per heavy atom. The van der Waals surface area contributed by atoms with Crippen molar-refractivity contribution in [3.63, 3.8) is 0 Å². The van der Waals surface area contributed by atoms with Crippen molar-refractivity contribution in [3.8, 4) is 0 Å². The molecule has 4 rings (SSSR count). The second kappa shape index (κ2) is 8.42. The number of carbonyl (C=O) groups excluding carboxylic acids is 2. The number of carbonyl (C=O) groups is 2. The lowest BCUT2D eigenvalue weighted by molar-refractivity contribution is -0.142. The van der Waals surface area contributed by atoms with E-state index in [1.165, 1.54) is 17.4 Å². The topological polar surface area (TPSA) is 81.2 Å². The van der Waals surface area contributed by atoms with Crippen LogP contribution in [0.1, 0.15) is 16.8 Å². The first-order valence-corrected chi connectivity index (χ1v) is 10.2. The van der Waals surface area contributed by atoms with Gasteiger partial charge in [0, 0.05) is 11.5 Å². The Kier molecular flexibility index (Phi) is 5.54. The van der Waals surface area contributed by atoms with Gasteiger partial charge in [0.25, 0.3) is 5.91 Å². The van der Waals surface area contributed by atoms with E-state index < -0.39 is 11.9 Å². The minimum Gasteiger partial charge on any atom is -0.452 e. The molecule has 0 saturated carbocycles. The van der Waals surface area contributed by atoms with E-state index in [4.69, 9.17) is 4.74 Å². The standard InChI is InChI=1S/C23H19N3O3S/c1-14-11-15(2)22-19(12-14)30-23(26-22)25-20(27)13-29-21(28)10-9-17-8-7-16-5-3-4-6-18(16)24-17/h3-12H,13H2,1-2H3,(H,25,26,27)/b10-9+. The normalized spacial score (nSPS) is 11.3. The molecule has 2 heterocycles. The van der Waals surface area contributed by atoms with Crippen LogP contribution in [-0.2, 0) is 14.3 Å². The highest BCUT2D eigenvalue weighted by Gasteiger charge is 2.11. The van der Waals surface area contributed by atoms with Crippen LogP contribution in [0.5, 0.6) is 0 Å². The van der Waals surface area contributed by atoms with E-state index in [0.717, 1.165) is 32.2 Å². The molecule has 2 aromatic heterocycles. The monoisotopic (exact) mass is 417 g/mol. The summed E-state index contributed by atoms with van der Waals surface area (Å²) in [5.41, 5.74) is 4.54. The summed E-state index contributed by atoms with van der Waals surface area (Å²) in [6.07, 6.45) is 2.82.